The standard InChI is InChI=1S/C12H22O7/c13-1-3-15-5-7-17-9-11-19-12-10-18-8-6-16-4-2-14/h1-2H,3-12H2. The zero-order valence-corrected chi connectivity index (χ0v) is 11.1. The maximum atomic E-state index is 9.92. The third-order valence-electron chi connectivity index (χ3n) is 1.86. The monoisotopic (exact) mass is 278 g/mol. The van der Waals surface area contributed by atoms with Gasteiger partial charge in [-0.05, 0) is 0 Å². The van der Waals surface area contributed by atoms with Crippen LogP contribution >= 0.6 is 0 Å². The number of ether oxygens (including phenoxy) is 5. The molecule has 0 fully saturated rings. The van der Waals surface area contributed by atoms with E-state index in [0.717, 1.165) is 0 Å². The van der Waals surface area contributed by atoms with Gasteiger partial charge < -0.3 is 33.3 Å². The van der Waals surface area contributed by atoms with E-state index >= 15 is 0 Å². The highest BCUT2D eigenvalue weighted by molar-refractivity contribution is 5.50. The number of aldehydes is 2. The third kappa shape index (κ3) is 17.1. The molecule has 0 aliphatic heterocycles. The highest BCUT2D eigenvalue weighted by Crippen LogP contribution is 1.83. The molecule has 0 heterocycles. The molecule has 0 amide bonds. The van der Waals surface area contributed by atoms with Gasteiger partial charge >= 0.3 is 0 Å². The van der Waals surface area contributed by atoms with E-state index < -0.39 is 0 Å². The van der Waals surface area contributed by atoms with Crippen molar-refractivity contribution in [3.8, 4) is 0 Å². The van der Waals surface area contributed by atoms with Crippen molar-refractivity contribution in [3.05, 3.63) is 0 Å². The minimum absolute atomic E-state index is 0.105. The van der Waals surface area contributed by atoms with Crippen molar-refractivity contribution in [2.24, 2.45) is 0 Å². The van der Waals surface area contributed by atoms with Crippen LogP contribution in [0.2, 0.25) is 0 Å². The van der Waals surface area contributed by atoms with Crippen LogP contribution in [0, 0.1) is 0 Å². The first-order valence-electron chi connectivity index (χ1n) is 6.17. The van der Waals surface area contributed by atoms with Crippen molar-refractivity contribution < 1.29 is 33.3 Å². The van der Waals surface area contributed by atoms with Gasteiger partial charge in [0.1, 0.15) is 25.8 Å². The Labute approximate surface area is 113 Å². The van der Waals surface area contributed by atoms with Crippen LogP contribution in [0.3, 0.4) is 0 Å². The average molecular weight is 278 g/mol. The Morgan fingerprint density at radius 1 is 0.474 bits per heavy atom. The van der Waals surface area contributed by atoms with Crippen molar-refractivity contribution in [2.75, 3.05) is 66.1 Å². The molecule has 0 bridgehead atoms. The average Bonchev–Trinajstić information content (AvgIpc) is 2.43. The molecule has 0 aromatic rings. The summed E-state index contributed by atoms with van der Waals surface area (Å²) in [6.07, 6.45) is 1.40. The SMILES string of the molecule is O=CCOCCOCCOCCOCCOCC=O. The summed E-state index contributed by atoms with van der Waals surface area (Å²) >= 11 is 0. The van der Waals surface area contributed by atoms with Gasteiger partial charge in [-0.1, -0.05) is 0 Å². The summed E-state index contributed by atoms with van der Waals surface area (Å²) in [5.41, 5.74) is 0. The molecule has 7 heteroatoms. The lowest BCUT2D eigenvalue weighted by Crippen LogP contribution is -2.13. The van der Waals surface area contributed by atoms with E-state index in [2.05, 4.69) is 0 Å². The molecule has 0 saturated carbocycles. The predicted molar refractivity (Wildman–Crippen MR) is 66.2 cm³/mol. The van der Waals surface area contributed by atoms with E-state index in [1.807, 2.05) is 0 Å². The van der Waals surface area contributed by atoms with E-state index in [4.69, 9.17) is 23.7 Å². The van der Waals surface area contributed by atoms with Gasteiger partial charge in [0.25, 0.3) is 0 Å². The minimum atomic E-state index is 0.105. The third-order valence-corrected chi connectivity index (χ3v) is 1.86. The predicted octanol–water partition coefficient (Wildman–Crippen LogP) is -0.533. The van der Waals surface area contributed by atoms with Crippen LogP contribution in [-0.4, -0.2) is 78.6 Å². The normalized spacial score (nSPS) is 10.5. The minimum Gasteiger partial charge on any atom is -0.377 e. The van der Waals surface area contributed by atoms with Gasteiger partial charge in [0.2, 0.25) is 0 Å². The van der Waals surface area contributed by atoms with Crippen LogP contribution in [0.4, 0.5) is 0 Å². The van der Waals surface area contributed by atoms with Gasteiger partial charge in [-0.15, -0.1) is 0 Å². The lowest BCUT2D eigenvalue weighted by atomic mass is 10.7. The molecule has 0 saturated heterocycles. The van der Waals surface area contributed by atoms with Crippen LogP contribution in [0.5, 0.6) is 0 Å². The van der Waals surface area contributed by atoms with Crippen molar-refractivity contribution in [2.45, 2.75) is 0 Å². The molecule has 0 unspecified atom stereocenters. The molecule has 0 aliphatic carbocycles. The highest BCUT2D eigenvalue weighted by atomic mass is 16.6. The molecular formula is C12H22O7. The van der Waals surface area contributed by atoms with Gasteiger partial charge in [-0.2, -0.15) is 0 Å². The van der Waals surface area contributed by atoms with Crippen molar-refractivity contribution in [3.63, 3.8) is 0 Å². The summed E-state index contributed by atoms with van der Waals surface area (Å²) in [5, 5.41) is 0. The van der Waals surface area contributed by atoms with Crippen molar-refractivity contribution in [1.82, 2.24) is 0 Å². The zero-order valence-electron chi connectivity index (χ0n) is 11.1. The van der Waals surface area contributed by atoms with Gasteiger partial charge in [0.05, 0.1) is 52.9 Å². The quantitative estimate of drug-likeness (QED) is 0.277. The van der Waals surface area contributed by atoms with Crippen LogP contribution in [-0.2, 0) is 33.3 Å². The van der Waals surface area contributed by atoms with E-state index in [-0.39, 0.29) is 13.2 Å². The number of carbonyl (C=O) groups is 2. The molecule has 0 rings (SSSR count). The fraction of sp³-hybridized carbons (Fsp3) is 0.833. The Morgan fingerprint density at radius 2 is 0.737 bits per heavy atom. The molecule has 0 aromatic carbocycles. The van der Waals surface area contributed by atoms with Crippen molar-refractivity contribution in [1.29, 1.82) is 0 Å². The molecule has 7 nitrogen and oxygen atoms in total. The fourth-order valence-corrected chi connectivity index (χ4v) is 1.04. The number of hydrogen-bond acceptors (Lipinski definition) is 7. The Bertz CT molecular complexity index is 179. The first kappa shape index (κ1) is 18.1. The van der Waals surface area contributed by atoms with Gasteiger partial charge in [-0.25, -0.2) is 0 Å². The molecule has 0 aliphatic rings. The number of carbonyl (C=O) groups excluding carboxylic acids is 2. The second-order valence-corrected chi connectivity index (χ2v) is 3.32. The fourth-order valence-electron chi connectivity index (χ4n) is 1.04. The Hall–Kier alpha value is -0.860. The summed E-state index contributed by atoms with van der Waals surface area (Å²) in [6, 6.07) is 0. The Balaban J connectivity index is 2.91. The van der Waals surface area contributed by atoms with Crippen LogP contribution < -0.4 is 0 Å². The summed E-state index contributed by atoms with van der Waals surface area (Å²) in [4.78, 5) is 19.8. The second-order valence-electron chi connectivity index (χ2n) is 3.32. The van der Waals surface area contributed by atoms with E-state index in [0.29, 0.717) is 65.4 Å². The largest absolute Gasteiger partial charge is 0.377 e. The van der Waals surface area contributed by atoms with Crippen LogP contribution in [0.15, 0.2) is 0 Å². The molecular weight excluding hydrogens is 256 g/mol. The first-order valence-corrected chi connectivity index (χ1v) is 6.17. The Morgan fingerprint density at radius 3 is 1.00 bits per heavy atom. The molecule has 112 valence electrons. The summed E-state index contributed by atoms with van der Waals surface area (Å²) in [7, 11) is 0. The molecule has 0 aromatic heterocycles. The van der Waals surface area contributed by atoms with Crippen molar-refractivity contribution >= 4 is 12.6 Å². The maximum absolute atomic E-state index is 9.92. The highest BCUT2D eigenvalue weighted by Gasteiger charge is 1.92. The van der Waals surface area contributed by atoms with Gasteiger partial charge in [0.15, 0.2) is 0 Å². The van der Waals surface area contributed by atoms with Crippen LogP contribution in [0.25, 0.3) is 0 Å². The summed E-state index contributed by atoms with van der Waals surface area (Å²) in [6.45, 7) is 3.84. The maximum Gasteiger partial charge on any atom is 0.145 e. The lowest BCUT2D eigenvalue weighted by Gasteiger charge is -2.06. The first-order chi connectivity index (χ1) is 9.41. The van der Waals surface area contributed by atoms with Gasteiger partial charge in [-0.3, -0.25) is 0 Å². The van der Waals surface area contributed by atoms with E-state index in [9.17, 15) is 9.59 Å². The topological polar surface area (TPSA) is 80.3 Å². The molecule has 0 spiro atoms. The molecule has 19 heavy (non-hydrogen) atoms. The Kier molecular flexibility index (Phi) is 16.4. The lowest BCUT2D eigenvalue weighted by molar-refractivity contribution is -0.113. The smallest absolute Gasteiger partial charge is 0.145 e. The van der Waals surface area contributed by atoms with E-state index in [1.165, 1.54) is 0 Å². The van der Waals surface area contributed by atoms with E-state index in [1.54, 1.807) is 0 Å². The van der Waals surface area contributed by atoms with Crippen LogP contribution in [0.1, 0.15) is 0 Å². The van der Waals surface area contributed by atoms with Gasteiger partial charge in [0, 0.05) is 0 Å². The molecule has 0 radical (unpaired) electrons. The second kappa shape index (κ2) is 17.1. The summed E-state index contributed by atoms with van der Waals surface area (Å²) < 4.78 is 25.4. The summed E-state index contributed by atoms with van der Waals surface area (Å²) in [5.74, 6) is 0. The molecule has 0 atom stereocenters. The number of hydrogen-bond donors (Lipinski definition) is 0. The molecule has 0 N–H and O–H groups in total. The number of rotatable bonds is 16. The zero-order chi connectivity index (χ0) is 14.0.